The van der Waals surface area contributed by atoms with Gasteiger partial charge in [0, 0.05) is 50.5 Å². The molecule has 1 amide bonds. The van der Waals surface area contributed by atoms with Crippen molar-refractivity contribution in [3.05, 3.63) is 119 Å². The van der Waals surface area contributed by atoms with Crippen molar-refractivity contribution in [3.8, 4) is 0 Å². The van der Waals surface area contributed by atoms with Gasteiger partial charge in [0.05, 0.1) is 29.6 Å². The summed E-state index contributed by atoms with van der Waals surface area (Å²) < 4.78 is 36.5. The van der Waals surface area contributed by atoms with Crippen molar-refractivity contribution in [2.75, 3.05) is 6.61 Å². The van der Waals surface area contributed by atoms with Gasteiger partial charge in [-0.1, -0.05) is 80.6 Å². The number of rotatable bonds is 15. The standard InChI is InChI=1S/C52H57NO17/c1-28-34(67-48(63)42(68-38(59)24-16-23-37(57)58)40(31-17-10-7-11-18-31)53-46(61)32-19-12-8-13-20-32)26-52(64)45(69-47(62)33-21-14-9-15-22-33)43-50(6,35(56)25-36-51(43,27-65-36)70-30(3)55)44(60)41(66-29(2)54)39(28)49(52,4)5/h7-15,17-22,34-36,40-43,45,56,64H,16,23-27H2,1-6H3,(H,53,61)(H,57,58)/t34-,35-,36+,40+,41+,42-,43-,45-,50+,51-,52+/m0/s1. The van der Waals surface area contributed by atoms with Crippen molar-refractivity contribution in [1.29, 1.82) is 0 Å². The molecule has 11 atom stereocenters. The average Bonchev–Trinajstić information content (AvgIpc) is 3.31. The summed E-state index contributed by atoms with van der Waals surface area (Å²) in [4.78, 5) is 110. The van der Waals surface area contributed by atoms with Crippen LogP contribution in [0.25, 0.3) is 0 Å². The van der Waals surface area contributed by atoms with Crippen LogP contribution in [0.4, 0.5) is 0 Å². The SMILES string of the molecule is CC(=O)O[C@H]1C(=O)[C@@]2(C)[C@H]([C@H](OC(=O)c3ccccc3)[C@]3(O)C[C@H](OC(=O)[C@@H](OC(=O)CCCC(=O)O)[C@H](NC(=O)c4ccccc4)c4ccccc4)C(C)=C1C3(C)C)[C@]1(OC(C)=O)CO[C@@H]1C[C@@H]2O. The Morgan fingerprint density at radius 1 is 0.814 bits per heavy atom. The molecule has 3 aromatic carbocycles. The van der Waals surface area contributed by atoms with Crippen LogP contribution in [0.5, 0.6) is 0 Å². The first-order valence-corrected chi connectivity index (χ1v) is 23.0. The molecule has 7 rings (SSSR count). The first-order chi connectivity index (χ1) is 33.1. The summed E-state index contributed by atoms with van der Waals surface area (Å²) in [6.45, 7) is 7.73. The number of esters is 5. The highest BCUT2D eigenvalue weighted by Gasteiger charge is 2.78. The van der Waals surface area contributed by atoms with E-state index in [4.69, 9.17) is 28.4 Å². The zero-order valence-electron chi connectivity index (χ0n) is 39.6. The number of benzene rings is 3. The predicted octanol–water partition coefficient (Wildman–Crippen LogP) is 4.54. The number of hydrogen-bond acceptors (Lipinski definition) is 16. The van der Waals surface area contributed by atoms with Gasteiger partial charge in [0.15, 0.2) is 17.5 Å². The number of aliphatic hydroxyl groups excluding tert-OH is 1. The van der Waals surface area contributed by atoms with Crippen LogP contribution in [0.15, 0.2) is 102 Å². The van der Waals surface area contributed by atoms with Gasteiger partial charge in [-0.3, -0.25) is 28.8 Å². The third kappa shape index (κ3) is 9.34. The molecule has 4 aliphatic rings. The number of carboxylic acid groups (broad SMARTS) is 1. The number of nitrogens with one attached hydrogen (secondary N) is 1. The van der Waals surface area contributed by atoms with Gasteiger partial charge in [0.1, 0.15) is 30.0 Å². The minimum absolute atomic E-state index is 0.0272. The second-order valence-corrected chi connectivity index (χ2v) is 19.1. The van der Waals surface area contributed by atoms with Crippen LogP contribution < -0.4 is 5.32 Å². The molecule has 3 fully saturated rings. The number of ether oxygens (including phenoxy) is 6. The smallest absolute Gasteiger partial charge is 0.350 e. The van der Waals surface area contributed by atoms with E-state index in [0.29, 0.717) is 0 Å². The van der Waals surface area contributed by atoms with Gasteiger partial charge < -0.3 is 49.1 Å². The Hall–Kier alpha value is -6.76. The Morgan fingerprint density at radius 3 is 1.97 bits per heavy atom. The maximum absolute atomic E-state index is 15.7. The van der Waals surface area contributed by atoms with Gasteiger partial charge in [-0.05, 0) is 61.2 Å². The van der Waals surface area contributed by atoms with Crippen molar-refractivity contribution in [2.24, 2.45) is 16.7 Å². The number of carbonyl (C=O) groups is 8. The molecular formula is C52H57NO17. The van der Waals surface area contributed by atoms with E-state index in [-0.39, 0.29) is 47.3 Å². The predicted molar refractivity (Wildman–Crippen MR) is 243 cm³/mol. The van der Waals surface area contributed by atoms with Crippen molar-refractivity contribution in [3.63, 3.8) is 0 Å². The molecule has 1 saturated heterocycles. The zero-order valence-corrected chi connectivity index (χ0v) is 39.6. The van der Waals surface area contributed by atoms with E-state index in [1.807, 2.05) is 0 Å². The summed E-state index contributed by atoms with van der Waals surface area (Å²) in [6, 6.07) is 22.3. The molecular weight excluding hydrogens is 911 g/mol. The van der Waals surface area contributed by atoms with E-state index >= 15 is 9.59 Å². The van der Waals surface area contributed by atoms with E-state index in [1.165, 1.54) is 52.0 Å². The van der Waals surface area contributed by atoms with Gasteiger partial charge in [-0.25, -0.2) is 9.59 Å². The number of aliphatic hydroxyl groups is 2. The highest BCUT2D eigenvalue weighted by Crippen LogP contribution is 2.64. The molecule has 18 heteroatoms. The Balaban J connectivity index is 1.41. The third-order valence-corrected chi connectivity index (χ3v) is 14.5. The lowest BCUT2D eigenvalue weighted by atomic mass is 9.44. The molecule has 18 nitrogen and oxygen atoms in total. The number of Topliss-reactive ketones (excluding diaryl/α,β-unsaturated/α-hetero) is 1. The second kappa shape index (κ2) is 19.9. The van der Waals surface area contributed by atoms with E-state index < -0.39 is 137 Å². The quantitative estimate of drug-likeness (QED) is 0.0925. The Labute approximate surface area is 403 Å². The van der Waals surface area contributed by atoms with Gasteiger partial charge in [0.2, 0.25) is 6.10 Å². The van der Waals surface area contributed by atoms with Crippen LogP contribution in [-0.2, 0) is 57.2 Å². The minimum Gasteiger partial charge on any atom is -0.481 e. The normalized spacial score (nSPS) is 29.4. The molecule has 2 saturated carbocycles. The first kappa shape index (κ1) is 51.1. The lowest BCUT2D eigenvalue weighted by Crippen LogP contribution is -2.82. The van der Waals surface area contributed by atoms with Crippen LogP contribution >= 0.6 is 0 Å². The van der Waals surface area contributed by atoms with Gasteiger partial charge in [0.25, 0.3) is 5.91 Å². The van der Waals surface area contributed by atoms with E-state index in [9.17, 15) is 44.1 Å². The molecule has 2 bridgehead atoms. The number of amides is 1. The fourth-order valence-electron chi connectivity index (χ4n) is 10.9. The summed E-state index contributed by atoms with van der Waals surface area (Å²) in [6.07, 6.45) is -12.0. The van der Waals surface area contributed by atoms with Crippen LogP contribution in [0.3, 0.4) is 0 Å². The maximum atomic E-state index is 15.7. The Kier molecular flexibility index (Phi) is 14.5. The molecule has 0 radical (unpaired) electrons. The van der Waals surface area contributed by atoms with Crippen molar-refractivity contribution >= 4 is 47.5 Å². The summed E-state index contributed by atoms with van der Waals surface area (Å²) >= 11 is 0. The van der Waals surface area contributed by atoms with E-state index in [2.05, 4.69) is 5.32 Å². The number of hydrogen-bond donors (Lipinski definition) is 4. The molecule has 0 aromatic heterocycles. The second-order valence-electron chi connectivity index (χ2n) is 19.1. The monoisotopic (exact) mass is 967 g/mol. The molecule has 0 spiro atoms. The fraction of sp³-hybridized carbons (Fsp3) is 0.462. The Bertz CT molecular complexity index is 2560. The average molecular weight is 968 g/mol. The Morgan fingerprint density at radius 2 is 1.41 bits per heavy atom. The third-order valence-electron chi connectivity index (χ3n) is 14.5. The maximum Gasteiger partial charge on any atom is 0.350 e. The van der Waals surface area contributed by atoms with Crippen LogP contribution in [0, 0.1) is 16.7 Å². The van der Waals surface area contributed by atoms with Gasteiger partial charge in [-0.15, -0.1) is 0 Å². The largest absolute Gasteiger partial charge is 0.481 e. The number of aliphatic carboxylic acids is 1. The van der Waals surface area contributed by atoms with E-state index in [1.54, 1.807) is 66.7 Å². The number of carbonyl (C=O) groups excluding carboxylic acids is 7. The highest BCUT2D eigenvalue weighted by atomic mass is 16.6. The van der Waals surface area contributed by atoms with Gasteiger partial charge in [-0.2, -0.15) is 0 Å². The molecule has 4 N–H and O–H groups in total. The summed E-state index contributed by atoms with van der Waals surface area (Å²) in [7, 11) is 0. The fourth-order valence-corrected chi connectivity index (χ4v) is 10.9. The number of ketones is 1. The summed E-state index contributed by atoms with van der Waals surface area (Å²) in [5.41, 5.74) is -7.67. The summed E-state index contributed by atoms with van der Waals surface area (Å²) in [5.74, 6) is -9.41. The molecule has 3 aliphatic carbocycles. The van der Waals surface area contributed by atoms with Crippen LogP contribution in [-0.4, -0.2) is 117 Å². The molecule has 0 unspecified atom stereocenters. The summed E-state index contributed by atoms with van der Waals surface area (Å²) in [5, 5.41) is 38.1. The molecule has 372 valence electrons. The topological polar surface area (TPSA) is 265 Å². The van der Waals surface area contributed by atoms with Gasteiger partial charge >= 0.3 is 35.8 Å². The van der Waals surface area contributed by atoms with Crippen molar-refractivity contribution < 1.29 is 82.1 Å². The number of carboxylic acids is 1. The molecule has 70 heavy (non-hydrogen) atoms. The number of fused-ring (bicyclic) bond motifs is 5. The lowest BCUT2D eigenvalue weighted by Gasteiger charge is -2.67. The molecule has 1 heterocycles. The highest BCUT2D eigenvalue weighted by molar-refractivity contribution is 5.96. The molecule has 1 aliphatic heterocycles. The zero-order chi connectivity index (χ0) is 50.9. The lowest BCUT2D eigenvalue weighted by molar-refractivity contribution is -0.346. The minimum atomic E-state index is -2.49. The first-order valence-electron chi connectivity index (χ1n) is 23.0. The molecule has 3 aromatic rings. The van der Waals surface area contributed by atoms with Crippen molar-refractivity contribution in [1.82, 2.24) is 5.32 Å². The van der Waals surface area contributed by atoms with Crippen LogP contribution in [0.2, 0.25) is 0 Å². The van der Waals surface area contributed by atoms with Crippen LogP contribution in [0.1, 0.15) is 106 Å². The van der Waals surface area contributed by atoms with E-state index in [0.717, 1.165) is 13.8 Å². The van der Waals surface area contributed by atoms with Crippen molar-refractivity contribution in [2.45, 2.75) is 128 Å².